The Hall–Kier alpha value is -2.92. The van der Waals surface area contributed by atoms with E-state index in [1.165, 1.54) is 0 Å². The first-order chi connectivity index (χ1) is 11.6. The van der Waals surface area contributed by atoms with E-state index in [0.29, 0.717) is 10.8 Å². The van der Waals surface area contributed by atoms with Crippen molar-refractivity contribution >= 4 is 34.7 Å². The molecule has 3 rings (SSSR count). The Balaban J connectivity index is 1.66. The van der Waals surface area contributed by atoms with E-state index in [1.807, 2.05) is 43.3 Å². The van der Waals surface area contributed by atoms with Crippen molar-refractivity contribution in [3.63, 3.8) is 0 Å². The Kier molecular flexibility index (Phi) is 4.72. The SMILES string of the molecule is Cc1ccc(NC(=O)c2ccc(Nc3ccc(Cl)cc3)nn2)cc1. The number of hydrogen-bond acceptors (Lipinski definition) is 4. The highest BCUT2D eigenvalue weighted by molar-refractivity contribution is 6.30. The molecule has 1 amide bonds. The Labute approximate surface area is 144 Å². The number of benzene rings is 2. The lowest BCUT2D eigenvalue weighted by atomic mass is 10.2. The van der Waals surface area contributed by atoms with Crippen molar-refractivity contribution in [3.8, 4) is 0 Å². The molecule has 120 valence electrons. The standard InChI is InChI=1S/C18H15ClN4O/c1-12-2-6-15(7-3-12)21-18(24)16-10-11-17(23-22-16)20-14-8-4-13(19)5-9-14/h2-11H,1H3,(H,20,23)(H,21,24). The highest BCUT2D eigenvalue weighted by Crippen LogP contribution is 2.17. The maximum absolute atomic E-state index is 12.2. The smallest absolute Gasteiger partial charge is 0.276 e. The van der Waals surface area contributed by atoms with Crippen molar-refractivity contribution in [1.82, 2.24) is 10.2 Å². The first kappa shape index (κ1) is 16.0. The molecule has 0 unspecified atom stereocenters. The maximum Gasteiger partial charge on any atom is 0.276 e. The van der Waals surface area contributed by atoms with Crippen molar-refractivity contribution in [3.05, 3.63) is 76.9 Å². The number of nitrogens with one attached hydrogen (secondary N) is 2. The van der Waals surface area contributed by atoms with E-state index in [2.05, 4.69) is 20.8 Å². The number of amides is 1. The van der Waals surface area contributed by atoms with Crippen LogP contribution in [0.25, 0.3) is 0 Å². The fourth-order valence-corrected chi connectivity index (χ4v) is 2.16. The van der Waals surface area contributed by atoms with E-state index in [0.717, 1.165) is 16.9 Å². The lowest BCUT2D eigenvalue weighted by molar-refractivity contribution is 0.102. The minimum Gasteiger partial charge on any atom is -0.339 e. The quantitative estimate of drug-likeness (QED) is 0.738. The van der Waals surface area contributed by atoms with Gasteiger partial charge in [0.1, 0.15) is 0 Å². The average molecular weight is 339 g/mol. The Morgan fingerprint density at radius 2 is 1.54 bits per heavy atom. The Morgan fingerprint density at radius 1 is 0.875 bits per heavy atom. The number of nitrogens with zero attached hydrogens (tertiary/aromatic N) is 2. The third kappa shape index (κ3) is 4.08. The molecule has 0 radical (unpaired) electrons. The third-order valence-electron chi connectivity index (χ3n) is 3.32. The number of rotatable bonds is 4. The van der Waals surface area contributed by atoms with Crippen molar-refractivity contribution in [2.45, 2.75) is 6.92 Å². The van der Waals surface area contributed by atoms with E-state index in [4.69, 9.17) is 11.6 Å². The van der Waals surface area contributed by atoms with Crippen LogP contribution in [-0.2, 0) is 0 Å². The zero-order valence-corrected chi connectivity index (χ0v) is 13.7. The van der Waals surface area contributed by atoms with Gasteiger partial charge in [-0.05, 0) is 55.5 Å². The summed E-state index contributed by atoms with van der Waals surface area (Å²) in [6, 6.07) is 18.1. The van der Waals surface area contributed by atoms with Gasteiger partial charge in [-0.1, -0.05) is 29.3 Å². The lowest BCUT2D eigenvalue weighted by Gasteiger charge is -2.07. The summed E-state index contributed by atoms with van der Waals surface area (Å²) >= 11 is 5.85. The normalized spacial score (nSPS) is 10.2. The molecule has 0 aliphatic heterocycles. The number of carbonyl (C=O) groups is 1. The number of anilines is 3. The number of aryl methyl sites for hydroxylation is 1. The molecule has 0 aliphatic carbocycles. The summed E-state index contributed by atoms with van der Waals surface area (Å²) in [7, 11) is 0. The summed E-state index contributed by atoms with van der Waals surface area (Å²) in [6.45, 7) is 1.99. The molecular weight excluding hydrogens is 324 g/mol. The number of hydrogen-bond donors (Lipinski definition) is 2. The van der Waals surface area contributed by atoms with Crippen LogP contribution in [0.3, 0.4) is 0 Å². The summed E-state index contributed by atoms with van der Waals surface area (Å²) in [4.78, 5) is 12.2. The van der Waals surface area contributed by atoms with Gasteiger partial charge in [0.15, 0.2) is 11.5 Å². The number of aromatic nitrogens is 2. The zero-order valence-electron chi connectivity index (χ0n) is 13.0. The summed E-state index contributed by atoms with van der Waals surface area (Å²) in [6.07, 6.45) is 0. The van der Waals surface area contributed by atoms with Crippen LogP contribution >= 0.6 is 11.6 Å². The zero-order chi connectivity index (χ0) is 16.9. The molecule has 3 aromatic rings. The van der Waals surface area contributed by atoms with Crippen molar-refractivity contribution in [2.24, 2.45) is 0 Å². The summed E-state index contributed by atoms with van der Waals surface area (Å²) < 4.78 is 0. The molecule has 5 nitrogen and oxygen atoms in total. The Morgan fingerprint density at radius 3 is 2.17 bits per heavy atom. The molecule has 24 heavy (non-hydrogen) atoms. The molecule has 1 heterocycles. The molecular formula is C18H15ClN4O. The molecule has 2 N–H and O–H groups in total. The van der Waals surface area contributed by atoms with E-state index in [1.54, 1.807) is 24.3 Å². The topological polar surface area (TPSA) is 66.9 Å². The van der Waals surface area contributed by atoms with Crippen molar-refractivity contribution < 1.29 is 4.79 Å². The minimum absolute atomic E-state index is 0.247. The Bertz CT molecular complexity index is 830. The van der Waals surface area contributed by atoms with Crippen LogP contribution in [0, 0.1) is 6.92 Å². The molecule has 0 fully saturated rings. The van der Waals surface area contributed by atoms with Gasteiger partial charge in [-0.25, -0.2) is 0 Å². The monoisotopic (exact) mass is 338 g/mol. The third-order valence-corrected chi connectivity index (χ3v) is 3.58. The van der Waals surface area contributed by atoms with Crippen LogP contribution in [0.1, 0.15) is 16.1 Å². The van der Waals surface area contributed by atoms with Gasteiger partial charge in [0.25, 0.3) is 5.91 Å². The fraction of sp³-hybridized carbons (Fsp3) is 0.0556. The van der Waals surface area contributed by atoms with Crippen LogP contribution < -0.4 is 10.6 Å². The number of halogens is 1. The predicted octanol–water partition coefficient (Wildman–Crippen LogP) is 4.43. The largest absolute Gasteiger partial charge is 0.339 e. The van der Waals surface area contributed by atoms with Gasteiger partial charge in [0.05, 0.1) is 0 Å². The summed E-state index contributed by atoms with van der Waals surface area (Å²) in [5.41, 5.74) is 2.93. The van der Waals surface area contributed by atoms with E-state index in [9.17, 15) is 4.79 Å². The summed E-state index contributed by atoms with van der Waals surface area (Å²) in [5.74, 6) is 0.244. The predicted molar refractivity (Wildman–Crippen MR) is 95.9 cm³/mol. The van der Waals surface area contributed by atoms with Crippen LogP contribution in [-0.4, -0.2) is 16.1 Å². The molecule has 0 bridgehead atoms. The first-order valence-electron chi connectivity index (χ1n) is 7.34. The van der Waals surface area contributed by atoms with E-state index < -0.39 is 0 Å². The van der Waals surface area contributed by atoms with Gasteiger partial charge < -0.3 is 10.6 Å². The molecule has 0 saturated heterocycles. The van der Waals surface area contributed by atoms with Gasteiger partial charge >= 0.3 is 0 Å². The maximum atomic E-state index is 12.2. The van der Waals surface area contributed by atoms with Crippen molar-refractivity contribution in [2.75, 3.05) is 10.6 Å². The van der Waals surface area contributed by atoms with Gasteiger partial charge in [-0.2, -0.15) is 0 Å². The fourth-order valence-electron chi connectivity index (χ4n) is 2.03. The highest BCUT2D eigenvalue weighted by Gasteiger charge is 2.08. The van der Waals surface area contributed by atoms with E-state index in [-0.39, 0.29) is 11.6 Å². The second-order valence-corrected chi connectivity index (χ2v) is 5.69. The van der Waals surface area contributed by atoms with Crippen LogP contribution in [0.4, 0.5) is 17.2 Å². The molecule has 1 aromatic heterocycles. The van der Waals surface area contributed by atoms with Crippen LogP contribution in [0.2, 0.25) is 5.02 Å². The van der Waals surface area contributed by atoms with Gasteiger partial charge in [0.2, 0.25) is 0 Å². The van der Waals surface area contributed by atoms with Gasteiger partial charge in [0, 0.05) is 16.4 Å². The molecule has 0 saturated carbocycles. The molecule has 2 aromatic carbocycles. The average Bonchev–Trinajstić information content (AvgIpc) is 2.59. The second kappa shape index (κ2) is 7.10. The lowest BCUT2D eigenvalue weighted by Crippen LogP contribution is -2.14. The highest BCUT2D eigenvalue weighted by atomic mass is 35.5. The van der Waals surface area contributed by atoms with Crippen LogP contribution in [0.15, 0.2) is 60.7 Å². The van der Waals surface area contributed by atoms with Gasteiger partial charge in [-0.15, -0.1) is 10.2 Å². The minimum atomic E-state index is -0.301. The summed E-state index contributed by atoms with van der Waals surface area (Å²) in [5, 5.41) is 14.5. The van der Waals surface area contributed by atoms with Crippen molar-refractivity contribution in [1.29, 1.82) is 0 Å². The molecule has 0 aliphatic rings. The molecule has 0 atom stereocenters. The second-order valence-electron chi connectivity index (χ2n) is 5.26. The van der Waals surface area contributed by atoms with Gasteiger partial charge in [-0.3, -0.25) is 4.79 Å². The molecule has 6 heteroatoms. The number of carbonyl (C=O) groups excluding carboxylic acids is 1. The molecule has 0 spiro atoms. The first-order valence-corrected chi connectivity index (χ1v) is 7.72. The van der Waals surface area contributed by atoms with E-state index >= 15 is 0 Å². The van der Waals surface area contributed by atoms with Crippen LogP contribution in [0.5, 0.6) is 0 Å².